The Morgan fingerprint density at radius 1 is 1.33 bits per heavy atom. The van der Waals surface area contributed by atoms with Gasteiger partial charge < -0.3 is 5.32 Å². The summed E-state index contributed by atoms with van der Waals surface area (Å²) in [4.78, 5) is 19.8. The first-order chi connectivity index (χ1) is 10.1. The first-order valence-corrected chi connectivity index (χ1v) is 6.52. The normalized spacial score (nSPS) is 10.8. The molecule has 0 bridgehead atoms. The van der Waals surface area contributed by atoms with Crippen LogP contribution in [0.1, 0.15) is 28.8 Å². The lowest BCUT2D eigenvalue weighted by molar-refractivity contribution is 0.101. The predicted molar refractivity (Wildman–Crippen MR) is 77.1 cm³/mol. The molecule has 0 saturated heterocycles. The quantitative estimate of drug-likeness (QED) is 0.732. The number of hydrogen-bond donors (Lipinski definition) is 1. The number of fused-ring (bicyclic) bond motifs is 1. The molecule has 3 aromatic rings. The Hall–Kier alpha value is -2.83. The number of hydrogen-bond acceptors (Lipinski definition) is 6. The molecule has 0 aliphatic heterocycles. The minimum absolute atomic E-state index is 0.0394. The number of nitrogens with one attached hydrogen (secondary N) is 1. The summed E-state index contributed by atoms with van der Waals surface area (Å²) in [6, 6.07) is 5.72. The molecular weight excluding hydrogens is 268 g/mol. The molecule has 0 spiro atoms. The molecule has 0 amide bonds. The summed E-state index contributed by atoms with van der Waals surface area (Å²) in [6.07, 6.45) is 3.44. The maximum Gasteiger partial charge on any atom is 0.223 e. The van der Waals surface area contributed by atoms with Crippen molar-refractivity contribution in [2.24, 2.45) is 0 Å². The highest BCUT2D eigenvalue weighted by molar-refractivity contribution is 5.94. The van der Waals surface area contributed by atoms with Crippen LogP contribution in [-0.4, -0.2) is 30.3 Å². The van der Waals surface area contributed by atoms with Crippen LogP contribution < -0.4 is 5.32 Å². The number of pyridine rings is 1. The summed E-state index contributed by atoms with van der Waals surface area (Å²) in [6.45, 7) is 3.74. The Kier molecular flexibility index (Phi) is 3.31. The lowest BCUT2D eigenvalue weighted by Crippen LogP contribution is -2.09. The number of rotatable bonds is 4. The van der Waals surface area contributed by atoms with E-state index in [1.54, 1.807) is 6.92 Å². The predicted octanol–water partition coefficient (Wildman–Crippen LogP) is 1.64. The molecule has 3 heterocycles. The van der Waals surface area contributed by atoms with E-state index in [1.165, 1.54) is 13.1 Å². The Morgan fingerprint density at radius 3 is 2.95 bits per heavy atom. The number of nitrogens with zero attached hydrogens (tertiary/aromatic N) is 5. The van der Waals surface area contributed by atoms with E-state index in [2.05, 4.69) is 25.5 Å². The number of ketones is 1. The summed E-state index contributed by atoms with van der Waals surface area (Å²) in [7, 11) is 0. The van der Waals surface area contributed by atoms with Crippen LogP contribution in [0.4, 0.5) is 5.95 Å². The van der Waals surface area contributed by atoms with Gasteiger partial charge in [0.15, 0.2) is 17.3 Å². The number of Topliss-reactive ketones (excluding diaryl/α,β-unsaturated/α-hetero) is 1. The Morgan fingerprint density at radius 2 is 2.19 bits per heavy atom. The van der Waals surface area contributed by atoms with Crippen LogP contribution in [0.3, 0.4) is 0 Å². The van der Waals surface area contributed by atoms with Crippen LogP contribution in [-0.2, 0) is 6.54 Å². The first kappa shape index (κ1) is 13.2. The molecule has 0 aliphatic rings. The van der Waals surface area contributed by atoms with Gasteiger partial charge in [-0.3, -0.25) is 9.20 Å². The molecule has 3 rings (SSSR count). The number of aryl methyl sites for hydroxylation is 1. The second-order valence-electron chi connectivity index (χ2n) is 4.65. The third-order valence-electron chi connectivity index (χ3n) is 3.15. The molecule has 3 aromatic heterocycles. The average Bonchev–Trinajstić information content (AvgIpc) is 2.88. The van der Waals surface area contributed by atoms with Crippen molar-refractivity contribution in [1.29, 1.82) is 0 Å². The third-order valence-corrected chi connectivity index (χ3v) is 3.15. The molecule has 0 fully saturated rings. The minimum Gasteiger partial charge on any atom is -0.347 e. The van der Waals surface area contributed by atoms with Crippen LogP contribution in [0.15, 0.2) is 30.6 Å². The van der Waals surface area contributed by atoms with Crippen molar-refractivity contribution in [3.8, 4) is 0 Å². The maximum absolute atomic E-state index is 11.3. The van der Waals surface area contributed by atoms with E-state index in [1.807, 2.05) is 28.8 Å². The fraction of sp³-hybridized carbons (Fsp3) is 0.214. The van der Waals surface area contributed by atoms with Crippen molar-refractivity contribution in [3.05, 3.63) is 47.7 Å². The fourth-order valence-electron chi connectivity index (χ4n) is 2.07. The Bertz CT molecular complexity index is 810. The van der Waals surface area contributed by atoms with Crippen molar-refractivity contribution >= 4 is 17.4 Å². The first-order valence-electron chi connectivity index (χ1n) is 6.52. The molecular formula is C14H14N6O. The maximum atomic E-state index is 11.3. The Balaban J connectivity index is 1.79. The summed E-state index contributed by atoms with van der Waals surface area (Å²) >= 11 is 0. The van der Waals surface area contributed by atoms with Crippen LogP contribution in [0.25, 0.3) is 5.65 Å². The van der Waals surface area contributed by atoms with Crippen LogP contribution in [0.5, 0.6) is 0 Å². The van der Waals surface area contributed by atoms with E-state index in [0.717, 1.165) is 11.5 Å². The van der Waals surface area contributed by atoms with Crippen molar-refractivity contribution < 1.29 is 4.79 Å². The van der Waals surface area contributed by atoms with Gasteiger partial charge in [-0.2, -0.15) is 0 Å². The largest absolute Gasteiger partial charge is 0.347 e. The van der Waals surface area contributed by atoms with Crippen LogP contribution in [0.2, 0.25) is 0 Å². The number of carbonyl (C=O) groups is 1. The molecule has 0 unspecified atom stereocenters. The molecule has 1 N–H and O–H groups in total. The molecule has 0 saturated carbocycles. The van der Waals surface area contributed by atoms with Crippen LogP contribution >= 0.6 is 0 Å². The molecule has 106 valence electrons. The van der Waals surface area contributed by atoms with Crippen LogP contribution in [0, 0.1) is 6.92 Å². The monoisotopic (exact) mass is 282 g/mol. The minimum atomic E-state index is -0.0394. The highest BCUT2D eigenvalue weighted by Crippen LogP contribution is 2.09. The smallest absolute Gasteiger partial charge is 0.223 e. The van der Waals surface area contributed by atoms with E-state index in [4.69, 9.17) is 0 Å². The van der Waals surface area contributed by atoms with Gasteiger partial charge in [0.2, 0.25) is 5.95 Å². The van der Waals surface area contributed by atoms with Crippen molar-refractivity contribution in [2.45, 2.75) is 20.4 Å². The van der Waals surface area contributed by atoms with Gasteiger partial charge in [-0.15, -0.1) is 10.2 Å². The summed E-state index contributed by atoms with van der Waals surface area (Å²) in [5, 5.41) is 11.3. The van der Waals surface area contributed by atoms with E-state index >= 15 is 0 Å². The second kappa shape index (κ2) is 5.28. The van der Waals surface area contributed by atoms with Gasteiger partial charge in [0, 0.05) is 12.4 Å². The highest BCUT2D eigenvalue weighted by atomic mass is 16.1. The van der Waals surface area contributed by atoms with Gasteiger partial charge in [-0.25, -0.2) is 9.97 Å². The molecule has 7 nitrogen and oxygen atoms in total. The van der Waals surface area contributed by atoms with Gasteiger partial charge in [-0.05, 0) is 26.0 Å². The van der Waals surface area contributed by atoms with E-state index in [9.17, 15) is 4.79 Å². The van der Waals surface area contributed by atoms with Crippen molar-refractivity contribution in [3.63, 3.8) is 0 Å². The van der Waals surface area contributed by atoms with Gasteiger partial charge in [0.25, 0.3) is 0 Å². The number of carbonyl (C=O) groups excluding carboxylic acids is 1. The zero-order chi connectivity index (χ0) is 14.8. The molecule has 0 aromatic carbocycles. The molecule has 0 aliphatic carbocycles. The summed E-state index contributed by atoms with van der Waals surface area (Å²) in [5.41, 5.74) is 1.98. The third kappa shape index (κ3) is 2.58. The molecule has 21 heavy (non-hydrogen) atoms. The summed E-state index contributed by atoms with van der Waals surface area (Å²) in [5.74, 6) is 1.19. The standard InChI is InChI=1S/C14H14N6O/c1-9-11(10(2)21)7-15-14(17-9)16-8-13-19-18-12-5-3-4-6-20(12)13/h3-7H,8H2,1-2H3,(H,15,16,17). The van der Waals surface area contributed by atoms with Gasteiger partial charge in [0.1, 0.15) is 0 Å². The van der Waals surface area contributed by atoms with E-state index in [0.29, 0.717) is 23.8 Å². The van der Waals surface area contributed by atoms with Gasteiger partial charge >= 0.3 is 0 Å². The highest BCUT2D eigenvalue weighted by Gasteiger charge is 2.08. The average molecular weight is 282 g/mol. The molecule has 0 atom stereocenters. The number of anilines is 1. The van der Waals surface area contributed by atoms with Crippen molar-refractivity contribution in [1.82, 2.24) is 24.6 Å². The van der Waals surface area contributed by atoms with Gasteiger partial charge in [-0.1, -0.05) is 6.07 Å². The number of aromatic nitrogens is 5. The summed E-state index contributed by atoms with van der Waals surface area (Å²) < 4.78 is 1.89. The van der Waals surface area contributed by atoms with Crippen molar-refractivity contribution in [2.75, 3.05) is 5.32 Å². The lowest BCUT2D eigenvalue weighted by Gasteiger charge is -2.06. The SMILES string of the molecule is CC(=O)c1cnc(NCc2nnc3ccccn23)nc1C. The lowest BCUT2D eigenvalue weighted by atomic mass is 10.2. The topological polar surface area (TPSA) is 85.1 Å². The Labute approximate surface area is 121 Å². The van der Waals surface area contributed by atoms with Gasteiger partial charge in [0.05, 0.1) is 17.8 Å². The fourth-order valence-corrected chi connectivity index (χ4v) is 2.07. The molecule has 0 radical (unpaired) electrons. The van der Waals surface area contributed by atoms with E-state index in [-0.39, 0.29) is 5.78 Å². The zero-order valence-corrected chi connectivity index (χ0v) is 11.7. The zero-order valence-electron chi connectivity index (χ0n) is 11.7. The molecule has 7 heteroatoms. The second-order valence-corrected chi connectivity index (χ2v) is 4.65. The van der Waals surface area contributed by atoms with E-state index < -0.39 is 0 Å².